The summed E-state index contributed by atoms with van der Waals surface area (Å²) in [7, 11) is 0. The Hall–Kier alpha value is -0.980. The van der Waals surface area contributed by atoms with Crippen LogP contribution in [0.15, 0.2) is 28.1 Å². The molecule has 0 spiro atoms. The first kappa shape index (κ1) is 16.4. The number of halogens is 2. The molecule has 1 heterocycles. The molecule has 1 N–H and O–H groups in total. The number of thiazole rings is 1. The molecule has 0 atom stereocenters. The fraction of sp³-hybridized carbons (Fsp3) is 0.400. The molecule has 2 aromatic rings. The molecule has 6 heteroatoms. The second-order valence-corrected chi connectivity index (χ2v) is 6.92. The molecule has 2 rings (SSSR count). The summed E-state index contributed by atoms with van der Waals surface area (Å²) in [6, 6.07) is 4.37. The van der Waals surface area contributed by atoms with E-state index in [0.29, 0.717) is 22.7 Å². The standard InChI is InChI=1S/C15H18BrFN2OS/c1-10(2)6-18-7-15-19-12(9-21-15)8-20-14-4-3-11(17)5-13(14)16/h3-5,9-10,18H,6-8H2,1-2H3. The van der Waals surface area contributed by atoms with E-state index in [0.717, 1.165) is 23.8 Å². The van der Waals surface area contributed by atoms with Crippen LogP contribution >= 0.6 is 27.3 Å². The van der Waals surface area contributed by atoms with Crippen molar-refractivity contribution in [2.45, 2.75) is 27.0 Å². The summed E-state index contributed by atoms with van der Waals surface area (Å²) in [6.45, 7) is 6.49. The largest absolute Gasteiger partial charge is 0.486 e. The van der Waals surface area contributed by atoms with Gasteiger partial charge in [0, 0.05) is 11.9 Å². The second kappa shape index (κ2) is 7.87. The molecule has 21 heavy (non-hydrogen) atoms. The summed E-state index contributed by atoms with van der Waals surface area (Å²) < 4.78 is 19.2. The number of aromatic nitrogens is 1. The molecular weight excluding hydrogens is 355 g/mol. The van der Waals surface area contributed by atoms with Crippen molar-refractivity contribution in [1.82, 2.24) is 10.3 Å². The van der Waals surface area contributed by atoms with Gasteiger partial charge in [0.15, 0.2) is 0 Å². The first-order valence-electron chi connectivity index (χ1n) is 6.76. The van der Waals surface area contributed by atoms with E-state index in [1.54, 1.807) is 17.4 Å². The van der Waals surface area contributed by atoms with Crippen molar-refractivity contribution in [2.75, 3.05) is 6.54 Å². The molecule has 114 valence electrons. The van der Waals surface area contributed by atoms with E-state index in [-0.39, 0.29) is 5.82 Å². The summed E-state index contributed by atoms with van der Waals surface area (Å²) in [5.74, 6) is 0.953. The number of hydrogen-bond donors (Lipinski definition) is 1. The van der Waals surface area contributed by atoms with Crippen molar-refractivity contribution in [1.29, 1.82) is 0 Å². The molecule has 0 bridgehead atoms. The topological polar surface area (TPSA) is 34.2 Å². The Morgan fingerprint density at radius 1 is 1.43 bits per heavy atom. The molecule has 0 fully saturated rings. The van der Waals surface area contributed by atoms with Crippen LogP contribution in [-0.4, -0.2) is 11.5 Å². The zero-order valence-corrected chi connectivity index (χ0v) is 14.4. The maximum absolute atomic E-state index is 13.0. The Bertz CT molecular complexity index is 589. The van der Waals surface area contributed by atoms with Gasteiger partial charge in [-0.15, -0.1) is 11.3 Å². The Morgan fingerprint density at radius 3 is 2.95 bits per heavy atom. The van der Waals surface area contributed by atoms with Crippen molar-refractivity contribution < 1.29 is 9.13 Å². The van der Waals surface area contributed by atoms with Crippen LogP contribution in [0.3, 0.4) is 0 Å². The third-order valence-corrected chi connectivity index (χ3v) is 4.21. The molecule has 1 aromatic heterocycles. The van der Waals surface area contributed by atoms with Crippen molar-refractivity contribution in [3.63, 3.8) is 0 Å². The van der Waals surface area contributed by atoms with E-state index in [2.05, 4.69) is 40.1 Å². The van der Waals surface area contributed by atoms with Crippen LogP contribution in [0.5, 0.6) is 5.75 Å². The van der Waals surface area contributed by atoms with E-state index in [1.165, 1.54) is 12.1 Å². The number of nitrogens with one attached hydrogen (secondary N) is 1. The van der Waals surface area contributed by atoms with Gasteiger partial charge in [-0.3, -0.25) is 0 Å². The SMILES string of the molecule is CC(C)CNCc1nc(COc2ccc(F)cc2Br)cs1. The number of ether oxygens (including phenoxy) is 1. The fourth-order valence-electron chi connectivity index (χ4n) is 1.71. The third-order valence-electron chi connectivity index (χ3n) is 2.70. The van der Waals surface area contributed by atoms with Crippen LogP contribution in [0.4, 0.5) is 4.39 Å². The average molecular weight is 373 g/mol. The molecule has 0 radical (unpaired) electrons. The Kier molecular flexibility index (Phi) is 6.14. The van der Waals surface area contributed by atoms with Crippen LogP contribution in [-0.2, 0) is 13.2 Å². The summed E-state index contributed by atoms with van der Waals surface area (Å²) in [6.07, 6.45) is 0. The van der Waals surface area contributed by atoms with Gasteiger partial charge in [-0.2, -0.15) is 0 Å². The monoisotopic (exact) mass is 372 g/mol. The zero-order valence-electron chi connectivity index (χ0n) is 12.0. The predicted molar refractivity (Wildman–Crippen MR) is 87.1 cm³/mol. The Morgan fingerprint density at radius 2 is 2.24 bits per heavy atom. The predicted octanol–water partition coefficient (Wildman–Crippen LogP) is 4.37. The lowest BCUT2D eigenvalue weighted by Crippen LogP contribution is -2.18. The first-order valence-corrected chi connectivity index (χ1v) is 8.43. The van der Waals surface area contributed by atoms with Gasteiger partial charge in [0.2, 0.25) is 0 Å². The maximum atomic E-state index is 13.0. The molecule has 0 aliphatic rings. The van der Waals surface area contributed by atoms with Gasteiger partial charge in [-0.25, -0.2) is 9.37 Å². The zero-order chi connectivity index (χ0) is 15.2. The molecule has 0 saturated carbocycles. The van der Waals surface area contributed by atoms with Crippen molar-refractivity contribution >= 4 is 27.3 Å². The van der Waals surface area contributed by atoms with Gasteiger partial charge < -0.3 is 10.1 Å². The van der Waals surface area contributed by atoms with E-state index < -0.39 is 0 Å². The van der Waals surface area contributed by atoms with Crippen LogP contribution < -0.4 is 10.1 Å². The molecule has 0 amide bonds. The van der Waals surface area contributed by atoms with Crippen molar-refractivity contribution in [2.24, 2.45) is 5.92 Å². The van der Waals surface area contributed by atoms with Gasteiger partial charge in [-0.05, 0) is 46.6 Å². The summed E-state index contributed by atoms with van der Waals surface area (Å²) in [5, 5.41) is 6.40. The highest BCUT2D eigenvalue weighted by molar-refractivity contribution is 9.10. The van der Waals surface area contributed by atoms with Crippen LogP contribution in [0.25, 0.3) is 0 Å². The van der Waals surface area contributed by atoms with E-state index >= 15 is 0 Å². The highest BCUT2D eigenvalue weighted by atomic mass is 79.9. The van der Waals surface area contributed by atoms with Gasteiger partial charge in [-0.1, -0.05) is 13.8 Å². The normalized spacial score (nSPS) is 11.1. The Labute approximate surface area is 136 Å². The molecule has 0 unspecified atom stereocenters. The fourth-order valence-corrected chi connectivity index (χ4v) is 2.92. The summed E-state index contributed by atoms with van der Waals surface area (Å²) >= 11 is 4.90. The van der Waals surface area contributed by atoms with Gasteiger partial charge in [0.05, 0.1) is 10.2 Å². The van der Waals surface area contributed by atoms with E-state index in [4.69, 9.17) is 4.74 Å². The first-order chi connectivity index (χ1) is 10.0. The lowest BCUT2D eigenvalue weighted by Gasteiger charge is -2.06. The molecule has 0 saturated heterocycles. The highest BCUT2D eigenvalue weighted by Crippen LogP contribution is 2.26. The molecule has 1 aromatic carbocycles. The molecule has 3 nitrogen and oxygen atoms in total. The Balaban J connectivity index is 1.85. The van der Waals surface area contributed by atoms with Gasteiger partial charge in [0.1, 0.15) is 23.2 Å². The smallest absolute Gasteiger partial charge is 0.134 e. The minimum absolute atomic E-state index is 0.290. The van der Waals surface area contributed by atoms with Crippen molar-refractivity contribution in [3.8, 4) is 5.75 Å². The van der Waals surface area contributed by atoms with Crippen LogP contribution in [0, 0.1) is 11.7 Å². The van der Waals surface area contributed by atoms with Crippen molar-refractivity contribution in [3.05, 3.63) is 44.6 Å². The number of nitrogens with zero attached hydrogens (tertiary/aromatic N) is 1. The van der Waals surface area contributed by atoms with Crippen LogP contribution in [0.1, 0.15) is 24.5 Å². The molecular formula is C15H18BrFN2OS. The summed E-state index contributed by atoms with van der Waals surface area (Å²) in [4.78, 5) is 4.51. The quantitative estimate of drug-likeness (QED) is 0.783. The van der Waals surface area contributed by atoms with E-state index in [1.807, 2.05) is 5.38 Å². The van der Waals surface area contributed by atoms with Crippen LogP contribution in [0.2, 0.25) is 0 Å². The highest BCUT2D eigenvalue weighted by Gasteiger charge is 2.06. The number of benzene rings is 1. The second-order valence-electron chi connectivity index (χ2n) is 5.12. The molecule has 0 aliphatic carbocycles. The average Bonchev–Trinajstić information content (AvgIpc) is 2.85. The minimum atomic E-state index is -0.290. The van der Waals surface area contributed by atoms with E-state index in [9.17, 15) is 4.39 Å². The van der Waals surface area contributed by atoms with Gasteiger partial charge >= 0.3 is 0 Å². The minimum Gasteiger partial charge on any atom is -0.486 e. The third kappa shape index (κ3) is 5.37. The lowest BCUT2D eigenvalue weighted by molar-refractivity contribution is 0.299. The molecule has 0 aliphatic heterocycles. The number of rotatable bonds is 7. The summed E-state index contributed by atoms with van der Waals surface area (Å²) in [5.41, 5.74) is 0.887. The maximum Gasteiger partial charge on any atom is 0.134 e. The number of hydrogen-bond acceptors (Lipinski definition) is 4. The lowest BCUT2D eigenvalue weighted by atomic mass is 10.2. The van der Waals surface area contributed by atoms with Gasteiger partial charge in [0.25, 0.3) is 0 Å².